The van der Waals surface area contributed by atoms with Crippen molar-refractivity contribution in [2.75, 3.05) is 0 Å². The summed E-state index contributed by atoms with van der Waals surface area (Å²) >= 11 is 5.85. The van der Waals surface area contributed by atoms with E-state index in [1.807, 2.05) is 19.1 Å². The van der Waals surface area contributed by atoms with E-state index in [2.05, 4.69) is 10.3 Å². The maximum absolute atomic E-state index is 12.0. The van der Waals surface area contributed by atoms with E-state index in [-0.39, 0.29) is 12.3 Å². The van der Waals surface area contributed by atoms with Gasteiger partial charge < -0.3 is 14.8 Å². The number of hydrogen-bond donors (Lipinski definition) is 2. The maximum atomic E-state index is 12.0. The molecular formula is C18H21ClN2O4. The number of carboxylic acid groups (broad SMARTS) is 1. The minimum absolute atomic E-state index is 0.122. The summed E-state index contributed by atoms with van der Waals surface area (Å²) in [6, 6.07) is 6.32. The van der Waals surface area contributed by atoms with Gasteiger partial charge in [0.1, 0.15) is 6.04 Å². The van der Waals surface area contributed by atoms with Gasteiger partial charge >= 0.3 is 5.97 Å². The van der Waals surface area contributed by atoms with Crippen molar-refractivity contribution < 1.29 is 19.1 Å². The molecule has 0 radical (unpaired) electrons. The van der Waals surface area contributed by atoms with Crippen molar-refractivity contribution in [3.05, 3.63) is 41.4 Å². The average Bonchev–Trinajstić information content (AvgIpc) is 3.06. The number of hydrogen-bond acceptors (Lipinski definition) is 4. The molecule has 6 nitrogen and oxygen atoms in total. The Morgan fingerprint density at radius 3 is 2.68 bits per heavy atom. The zero-order chi connectivity index (χ0) is 18.2. The summed E-state index contributed by atoms with van der Waals surface area (Å²) < 4.78 is 5.63. The van der Waals surface area contributed by atoms with Gasteiger partial charge in [-0.1, -0.05) is 31.4 Å². The molecule has 134 valence electrons. The third kappa shape index (κ3) is 5.90. The van der Waals surface area contributed by atoms with E-state index >= 15 is 0 Å². The Bertz CT molecular complexity index is 712. The van der Waals surface area contributed by atoms with Crippen LogP contribution in [0.2, 0.25) is 5.02 Å². The average molecular weight is 365 g/mol. The Morgan fingerprint density at radius 2 is 2.04 bits per heavy atom. The fraction of sp³-hybridized carbons (Fsp3) is 0.389. The molecule has 0 aliphatic rings. The summed E-state index contributed by atoms with van der Waals surface area (Å²) in [5, 5.41) is 12.3. The van der Waals surface area contributed by atoms with Crippen molar-refractivity contribution in [2.45, 2.75) is 45.1 Å². The van der Waals surface area contributed by atoms with Crippen molar-refractivity contribution in [1.82, 2.24) is 10.3 Å². The second-order valence-corrected chi connectivity index (χ2v) is 6.16. The minimum Gasteiger partial charge on any atom is -0.480 e. The number of oxazole rings is 1. The molecule has 0 saturated carbocycles. The molecule has 0 aliphatic heterocycles. The highest BCUT2D eigenvalue weighted by Gasteiger charge is 2.19. The predicted octanol–water partition coefficient (Wildman–Crippen LogP) is 3.69. The molecule has 0 bridgehead atoms. The molecular weight excluding hydrogens is 344 g/mol. The molecule has 2 N–H and O–H groups in total. The fourth-order valence-corrected chi connectivity index (χ4v) is 2.45. The minimum atomic E-state index is -1.01. The molecule has 1 aromatic heterocycles. The van der Waals surface area contributed by atoms with Gasteiger partial charge in [0.15, 0.2) is 11.7 Å². The maximum Gasteiger partial charge on any atom is 0.326 e. The molecule has 1 aromatic carbocycles. The van der Waals surface area contributed by atoms with Gasteiger partial charge in [0.25, 0.3) is 0 Å². The lowest BCUT2D eigenvalue weighted by Crippen LogP contribution is -2.40. The molecule has 1 unspecified atom stereocenters. The molecule has 7 heteroatoms. The highest BCUT2D eigenvalue weighted by molar-refractivity contribution is 6.30. The van der Waals surface area contributed by atoms with Gasteiger partial charge in [-0.3, -0.25) is 4.79 Å². The zero-order valence-electron chi connectivity index (χ0n) is 14.0. The Balaban J connectivity index is 1.87. The number of nitrogens with one attached hydrogen (secondary N) is 1. The van der Waals surface area contributed by atoms with Gasteiger partial charge in [0, 0.05) is 23.4 Å². The summed E-state index contributed by atoms with van der Waals surface area (Å²) in [4.78, 5) is 27.2. The first kappa shape index (κ1) is 19.0. The van der Waals surface area contributed by atoms with Crippen molar-refractivity contribution in [3.8, 4) is 11.3 Å². The Kier molecular flexibility index (Phi) is 7.01. The van der Waals surface area contributed by atoms with Crippen LogP contribution in [-0.2, 0) is 16.0 Å². The number of rotatable bonds is 9. The van der Waals surface area contributed by atoms with Crippen molar-refractivity contribution in [2.24, 2.45) is 0 Å². The smallest absolute Gasteiger partial charge is 0.326 e. The first-order valence-corrected chi connectivity index (χ1v) is 8.60. The highest BCUT2D eigenvalue weighted by Crippen LogP contribution is 2.22. The molecule has 2 aromatic rings. The van der Waals surface area contributed by atoms with Crippen LogP contribution in [0.25, 0.3) is 11.3 Å². The van der Waals surface area contributed by atoms with Gasteiger partial charge in [0.05, 0.1) is 6.20 Å². The van der Waals surface area contributed by atoms with E-state index in [4.69, 9.17) is 21.1 Å². The van der Waals surface area contributed by atoms with E-state index in [9.17, 15) is 9.59 Å². The molecule has 0 spiro atoms. The van der Waals surface area contributed by atoms with Crippen LogP contribution in [0, 0.1) is 0 Å². The van der Waals surface area contributed by atoms with Gasteiger partial charge in [0.2, 0.25) is 5.91 Å². The third-order valence-corrected chi connectivity index (χ3v) is 3.98. The van der Waals surface area contributed by atoms with Crippen molar-refractivity contribution in [3.63, 3.8) is 0 Å². The Labute approximate surface area is 151 Å². The van der Waals surface area contributed by atoms with Gasteiger partial charge in [-0.15, -0.1) is 0 Å². The quantitative estimate of drug-likeness (QED) is 0.707. The van der Waals surface area contributed by atoms with Crippen LogP contribution in [0.4, 0.5) is 0 Å². The van der Waals surface area contributed by atoms with Crippen molar-refractivity contribution >= 4 is 23.5 Å². The van der Waals surface area contributed by atoms with Crippen LogP contribution in [0.15, 0.2) is 34.9 Å². The van der Waals surface area contributed by atoms with E-state index in [0.29, 0.717) is 29.5 Å². The molecule has 25 heavy (non-hydrogen) atoms. The number of aromatic nitrogens is 1. The van der Waals surface area contributed by atoms with Crippen LogP contribution < -0.4 is 5.32 Å². The lowest BCUT2D eigenvalue weighted by Gasteiger charge is -2.13. The van der Waals surface area contributed by atoms with E-state index in [0.717, 1.165) is 18.4 Å². The van der Waals surface area contributed by atoms with E-state index < -0.39 is 12.0 Å². The molecule has 0 aliphatic carbocycles. The fourth-order valence-electron chi connectivity index (χ4n) is 2.33. The van der Waals surface area contributed by atoms with E-state index in [1.54, 1.807) is 18.3 Å². The number of nitrogens with zero attached hydrogens (tertiary/aromatic N) is 1. The van der Waals surface area contributed by atoms with Crippen LogP contribution in [0.5, 0.6) is 0 Å². The lowest BCUT2D eigenvalue weighted by molar-refractivity contribution is -0.142. The molecule has 1 amide bonds. The van der Waals surface area contributed by atoms with Gasteiger partial charge in [-0.05, 0) is 30.7 Å². The third-order valence-electron chi connectivity index (χ3n) is 3.73. The van der Waals surface area contributed by atoms with Crippen LogP contribution in [0.3, 0.4) is 0 Å². The number of aryl methyl sites for hydroxylation is 1. The van der Waals surface area contributed by atoms with E-state index in [1.165, 1.54) is 0 Å². The molecule has 2 rings (SSSR count). The summed E-state index contributed by atoms with van der Waals surface area (Å²) in [6.45, 7) is 1.97. The van der Waals surface area contributed by atoms with Crippen LogP contribution >= 0.6 is 11.6 Å². The second-order valence-electron chi connectivity index (χ2n) is 5.73. The Hall–Kier alpha value is -2.34. The van der Waals surface area contributed by atoms with Gasteiger partial charge in [-0.2, -0.15) is 0 Å². The molecule has 1 atom stereocenters. The molecule has 1 heterocycles. The number of carboxylic acids is 1. The SMILES string of the molecule is CCCCC(NC(=O)CCc1ncc(-c2ccc(Cl)cc2)o1)C(=O)O. The lowest BCUT2D eigenvalue weighted by atomic mass is 10.1. The van der Waals surface area contributed by atoms with Gasteiger partial charge in [-0.25, -0.2) is 9.78 Å². The zero-order valence-corrected chi connectivity index (χ0v) is 14.8. The highest BCUT2D eigenvalue weighted by atomic mass is 35.5. The number of carbonyl (C=O) groups excluding carboxylic acids is 1. The summed E-state index contributed by atoms with van der Waals surface area (Å²) in [7, 11) is 0. The number of amides is 1. The largest absolute Gasteiger partial charge is 0.480 e. The number of unbranched alkanes of at least 4 members (excludes halogenated alkanes) is 1. The van der Waals surface area contributed by atoms with Crippen molar-refractivity contribution in [1.29, 1.82) is 0 Å². The standard InChI is InChI=1S/C18H21ClN2O4/c1-2-3-4-14(18(23)24)21-16(22)9-10-17-20-11-15(25-17)12-5-7-13(19)8-6-12/h5-8,11,14H,2-4,9-10H2,1H3,(H,21,22)(H,23,24). The second kappa shape index (κ2) is 9.22. The topological polar surface area (TPSA) is 92.4 Å². The summed E-state index contributed by atoms with van der Waals surface area (Å²) in [5.41, 5.74) is 0.845. The first-order valence-electron chi connectivity index (χ1n) is 8.22. The number of benzene rings is 1. The molecule has 0 saturated heterocycles. The Morgan fingerprint density at radius 1 is 1.32 bits per heavy atom. The molecule has 0 fully saturated rings. The number of halogens is 1. The summed E-state index contributed by atoms with van der Waals surface area (Å²) in [6.07, 6.45) is 4.08. The number of carbonyl (C=O) groups is 2. The van der Waals surface area contributed by atoms with Crippen LogP contribution in [0.1, 0.15) is 38.5 Å². The van der Waals surface area contributed by atoms with Crippen LogP contribution in [-0.4, -0.2) is 28.0 Å². The monoisotopic (exact) mass is 364 g/mol. The normalized spacial score (nSPS) is 11.9. The summed E-state index contributed by atoms with van der Waals surface area (Å²) in [5.74, 6) is -0.309. The number of aliphatic carboxylic acids is 1. The predicted molar refractivity (Wildman–Crippen MR) is 94.4 cm³/mol. The first-order chi connectivity index (χ1) is 12.0.